The maximum absolute atomic E-state index is 11.7. The Balaban J connectivity index is 0.000000312. The van der Waals surface area contributed by atoms with Crippen LogP contribution >= 0.6 is 0 Å². The van der Waals surface area contributed by atoms with Gasteiger partial charge in [0.15, 0.2) is 5.78 Å². The van der Waals surface area contributed by atoms with Gasteiger partial charge in [-0.05, 0) is 99.1 Å². The smallest absolute Gasteiger partial charge is 0.162 e. The molecule has 1 radical (unpaired) electrons. The van der Waals surface area contributed by atoms with Gasteiger partial charge in [0.2, 0.25) is 0 Å². The second kappa shape index (κ2) is 18.8. The molecule has 0 unspecified atom stereocenters. The van der Waals surface area contributed by atoms with E-state index in [9.17, 15) is 9.90 Å². The summed E-state index contributed by atoms with van der Waals surface area (Å²) in [5.41, 5.74) is 10.9. The number of aliphatic hydroxyl groups is 1. The molecule has 0 bridgehead atoms. The zero-order chi connectivity index (χ0) is 35.8. The molecule has 271 valence electrons. The second-order valence-electron chi connectivity index (χ2n) is 14.4. The van der Waals surface area contributed by atoms with Crippen LogP contribution in [0.3, 0.4) is 0 Å². The fraction of sp³-hybridized carbons (Fsp3) is 0.404. The topological polar surface area (TPSA) is 50.2 Å². The second-order valence-corrected chi connectivity index (χ2v) is 14.4. The first kappa shape index (κ1) is 40.2. The Morgan fingerprint density at radius 2 is 1.45 bits per heavy atom. The van der Waals surface area contributed by atoms with Gasteiger partial charge in [-0.25, -0.2) is 0 Å². The molecule has 5 aromatic rings. The summed E-state index contributed by atoms with van der Waals surface area (Å²) >= 11 is 0. The van der Waals surface area contributed by atoms with Gasteiger partial charge < -0.3 is 5.11 Å². The summed E-state index contributed by atoms with van der Waals surface area (Å²) in [6, 6.07) is 30.6. The van der Waals surface area contributed by atoms with E-state index in [2.05, 4.69) is 99.6 Å². The van der Waals surface area contributed by atoms with Crippen molar-refractivity contribution >= 4 is 27.5 Å². The molecular formula is C47H56IrNO2-. The summed E-state index contributed by atoms with van der Waals surface area (Å²) in [5.74, 6) is 1.28. The predicted molar refractivity (Wildman–Crippen MR) is 213 cm³/mol. The number of hydrogen-bond acceptors (Lipinski definition) is 3. The van der Waals surface area contributed by atoms with E-state index in [-0.39, 0.29) is 43.5 Å². The van der Waals surface area contributed by atoms with Gasteiger partial charge in [-0.1, -0.05) is 118 Å². The number of hydrogen-bond donors (Lipinski definition) is 1. The number of rotatable bonds is 10. The molecule has 0 amide bonds. The molecule has 1 aliphatic carbocycles. The van der Waals surface area contributed by atoms with Crippen LogP contribution in [0.25, 0.3) is 44.1 Å². The van der Waals surface area contributed by atoms with Crippen LogP contribution in [0.1, 0.15) is 114 Å². The van der Waals surface area contributed by atoms with Gasteiger partial charge in [0.1, 0.15) is 0 Å². The van der Waals surface area contributed by atoms with Crippen LogP contribution in [0.2, 0.25) is 0 Å². The molecule has 4 heteroatoms. The van der Waals surface area contributed by atoms with Crippen molar-refractivity contribution in [3.8, 4) is 22.4 Å². The number of pyridine rings is 1. The summed E-state index contributed by atoms with van der Waals surface area (Å²) in [6.07, 6.45) is 11.7. The number of aromatic nitrogens is 1. The normalized spacial score (nSPS) is 13.7. The van der Waals surface area contributed by atoms with Crippen molar-refractivity contribution in [2.75, 3.05) is 0 Å². The summed E-state index contributed by atoms with van der Waals surface area (Å²) in [7, 11) is 0. The van der Waals surface area contributed by atoms with Crippen molar-refractivity contribution in [3.63, 3.8) is 0 Å². The molecule has 0 spiro atoms. The molecule has 0 aliphatic heterocycles. The number of carbonyl (C=O) groups is 1. The fourth-order valence-electron chi connectivity index (χ4n) is 7.88. The van der Waals surface area contributed by atoms with Crippen molar-refractivity contribution in [3.05, 3.63) is 113 Å². The quantitative estimate of drug-likeness (QED) is 0.0865. The van der Waals surface area contributed by atoms with Crippen LogP contribution in [0.15, 0.2) is 84.6 Å². The van der Waals surface area contributed by atoms with Crippen LogP contribution in [-0.2, 0) is 24.9 Å². The molecule has 1 heterocycles. The van der Waals surface area contributed by atoms with Crippen LogP contribution in [0.4, 0.5) is 0 Å². The summed E-state index contributed by atoms with van der Waals surface area (Å²) in [5, 5.41) is 13.4. The van der Waals surface area contributed by atoms with Crippen molar-refractivity contribution < 1.29 is 30.0 Å². The van der Waals surface area contributed by atoms with E-state index in [0.29, 0.717) is 0 Å². The molecule has 6 rings (SSSR count). The molecule has 0 saturated heterocycles. The van der Waals surface area contributed by atoms with E-state index in [1.807, 2.05) is 27.7 Å². The van der Waals surface area contributed by atoms with Gasteiger partial charge in [-0.2, -0.15) is 0 Å². The van der Waals surface area contributed by atoms with Crippen molar-refractivity contribution in [1.29, 1.82) is 0 Å². The predicted octanol–water partition coefficient (Wildman–Crippen LogP) is 13.4. The number of carbonyl (C=O) groups excluding carboxylic acids is 1. The minimum atomic E-state index is 0. The minimum absolute atomic E-state index is 0. The first-order valence-corrected chi connectivity index (χ1v) is 19.1. The van der Waals surface area contributed by atoms with Crippen molar-refractivity contribution in [2.45, 2.75) is 112 Å². The molecule has 1 fully saturated rings. The molecule has 1 N–H and O–H groups in total. The third kappa shape index (κ3) is 9.65. The number of allylic oxidation sites excluding steroid dienone is 2. The molecule has 1 aromatic heterocycles. The molecular weight excluding hydrogens is 803 g/mol. The van der Waals surface area contributed by atoms with Gasteiger partial charge in [-0.15, -0.1) is 23.6 Å². The molecule has 1 aliphatic rings. The number of fused-ring (bicyclic) bond motifs is 2. The summed E-state index contributed by atoms with van der Waals surface area (Å²) in [4.78, 5) is 16.8. The Hall–Kier alpha value is -3.59. The zero-order valence-electron chi connectivity index (χ0n) is 31.7. The van der Waals surface area contributed by atoms with E-state index >= 15 is 0 Å². The number of ketones is 1. The van der Waals surface area contributed by atoms with E-state index in [1.54, 1.807) is 0 Å². The third-order valence-electron chi connectivity index (χ3n) is 10.9. The van der Waals surface area contributed by atoms with E-state index in [0.717, 1.165) is 53.8 Å². The van der Waals surface area contributed by atoms with Gasteiger partial charge in [-0.3, -0.25) is 9.78 Å². The Morgan fingerprint density at radius 1 is 0.824 bits per heavy atom. The maximum Gasteiger partial charge on any atom is 0.162 e. The van der Waals surface area contributed by atoms with Crippen molar-refractivity contribution in [2.24, 2.45) is 11.8 Å². The Kier molecular flexibility index (Phi) is 14.8. The molecule has 51 heavy (non-hydrogen) atoms. The van der Waals surface area contributed by atoms with Gasteiger partial charge in [0.05, 0.1) is 11.3 Å². The summed E-state index contributed by atoms with van der Waals surface area (Å²) < 4.78 is 0. The largest absolute Gasteiger partial charge is 0.512 e. The van der Waals surface area contributed by atoms with Crippen LogP contribution in [-0.4, -0.2) is 15.9 Å². The Labute approximate surface area is 320 Å². The maximum atomic E-state index is 11.7. The van der Waals surface area contributed by atoms with Crippen LogP contribution < -0.4 is 0 Å². The molecule has 4 aromatic carbocycles. The van der Waals surface area contributed by atoms with Gasteiger partial charge in [0, 0.05) is 49.1 Å². The van der Waals surface area contributed by atoms with Crippen molar-refractivity contribution in [1.82, 2.24) is 4.98 Å². The third-order valence-corrected chi connectivity index (χ3v) is 10.9. The van der Waals surface area contributed by atoms with E-state index in [4.69, 9.17) is 4.98 Å². The fourth-order valence-corrected chi connectivity index (χ4v) is 7.88. The summed E-state index contributed by atoms with van der Waals surface area (Å²) in [6.45, 7) is 14.6. The first-order chi connectivity index (χ1) is 24.2. The van der Waals surface area contributed by atoms with Gasteiger partial charge >= 0.3 is 0 Å². The van der Waals surface area contributed by atoms with E-state index in [1.165, 1.54) is 82.3 Å². The first-order valence-electron chi connectivity index (χ1n) is 19.1. The number of aliphatic hydroxyl groups excluding tert-OH is 1. The zero-order valence-corrected chi connectivity index (χ0v) is 34.1. The van der Waals surface area contributed by atoms with E-state index < -0.39 is 0 Å². The van der Waals surface area contributed by atoms with Gasteiger partial charge in [0.25, 0.3) is 0 Å². The molecule has 1 saturated carbocycles. The van der Waals surface area contributed by atoms with Crippen LogP contribution in [0, 0.1) is 38.7 Å². The molecule has 3 nitrogen and oxygen atoms in total. The Morgan fingerprint density at radius 3 is 2.10 bits per heavy atom. The van der Waals surface area contributed by atoms with Crippen LogP contribution in [0.5, 0.6) is 0 Å². The SMILES string of the molecule is CCC(CC)C(=O)/C=C(\O)C(CC)CC.Cc1cc(C)c2c(C)cc(-c3[c-]c4ccccc4c(-c4ccc(C5CCCCC5)cc4)c3)nc2c1.[Ir]. The Bertz CT molecular complexity index is 1940. The number of aryl methyl sites for hydroxylation is 3. The average Bonchev–Trinajstić information content (AvgIpc) is 3.12. The minimum Gasteiger partial charge on any atom is -0.512 e. The monoisotopic (exact) mass is 859 g/mol. The number of nitrogens with zero attached hydrogens (tertiary/aromatic N) is 1. The average molecular weight is 859 g/mol. The standard InChI is InChI=1S/C34H32N.C13H24O2.Ir/c1-22-17-23(2)34-24(3)19-32(35-33(34)18-22)29-20-28-11-7-8-12-30(28)31(21-29)27-15-13-26(14-16-27)25-9-5-4-6-10-25;1-5-10(6-2)12(14)9-13(15)11(7-3)8-4;/h7-8,11-19,21,25H,4-6,9-10H2,1-3H3;9-11,14H,5-8H2,1-4H3;/q-1;;/b;12-9-;. The number of benzene rings is 4. The molecule has 0 atom stereocenters.